The number of ketones is 1. The molecule has 8 heteroatoms. The highest BCUT2D eigenvalue weighted by Crippen LogP contribution is 2.10. The van der Waals surface area contributed by atoms with Crippen molar-refractivity contribution < 1.29 is 9.59 Å². The van der Waals surface area contributed by atoms with Gasteiger partial charge in [0.1, 0.15) is 5.39 Å². The Morgan fingerprint density at radius 2 is 1.92 bits per heavy atom. The van der Waals surface area contributed by atoms with Gasteiger partial charge in [-0.05, 0) is 31.2 Å². The van der Waals surface area contributed by atoms with Gasteiger partial charge in [-0.25, -0.2) is 4.98 Å². The van der Waals surface area contributed by atoms with Crippen molar-refractivity contribution in [2.45, 2.75) is 19.9 Å². The van der Waals surface area contributed by atoms with Crippen LogP contribution >= 0.6 is 0 Å². The average Bonchev–Trinajstić information content (AvgIpc) is 2.97. The fraction of sp³-hybridized carbons (Fsp3) is 0.235. The van der Waals surface area contributed by atoms with E-state index in [2.05, 4.69) is 15.4 Å². The van der Waals surface area contributed by atoms with Crippen molar-refractivity contribution in [2.24, 2.45) is 7.05 Å². The van der Waals surface area contributed by atoms with Crippen molar-refractivity contribution in [1.82, 2.24) is 19.3 Å². The molecule has 0 saturated heterocycles. The number of fused-ring (bicyclic) bond motifs is 1. The quantitative estimate of drug-likeness (QED) is 0.708. The highest BCUT2D eigenvalue weighted by molar-refractivity contribution is 5.95. The number of hydrogen-bond acceptors (Lipinski definition) is 5. The molecular formula is C17H17N5O3. The summed E-state index contributed by atoms with van der Waals surface area (Å²) in [4.78, 5) is 39.8. The fourth-order valence-corrected chi connectivity index (χ4v) is 2.46. The lowest BCUT2D eigenvalue weighted by molar-refractivity contribution is -0.116. The SMILES string of the molecule is CC(=O)c1ccc(NC(=O)CCn2cnc3c(cnn3C)c2=O)cc1. The number of carbonyl (C=O) groups excluding carboxylic acids is 2. The van der Waals surface area contributed by atoms with Gasteiger partial charge in [0.2, 0.25) is 5.91 Å². The monoisotopic (exact) mass is 339 g/mol. The Balaban J connectivity index is 1.65. The number of amides is 1. The van der Waals surface area contributed by atoms with Gasteiger partial charge in [-0.15, -0.1) is 0 Å². The van der Waals surface area contributed by atoms with E-state index < -0.39 is 0 Å². The molecule has 0 aliphatic carbocycles. The van der Waals surface area contributed by atoms with Gasteiger partial charge >= 0.3 is 0 Å². The van der Waals surface area contributed by atoms with Gasteiger partial charge in [-0.2, -0.15) is 5.10 Å². The van der Waals surface area contributed by atoms with Crippen LogP contribution in [0.1, 0.15) is 23.7 Å². The minimum absolute atomic E-state index is 0.0319. The molecule has 1 amide bonds. The predicted molar refractivity (Wildman–Crippen MR) is 92.5 cm³/mol. The number of nitrogens with one attached hydrogen (secondary N) is 1. The first-order valence-electron chi connectivity index (χ1n) is 7.73. The molecule has 2 aromatic heterocycles. The van der Waals surface area contributed by atoms with E-state index in [9.17, 15) is 14.4 Å². The summed E-state index contributed by atoms with van der Waals surface area (Å²) in [5, 5.41) is 7.16. The van der Waals surface area contributed by atoms with Gasteiger partial charge in [0.15, 0.2) is 11.4 Å². The average molecular weight is 339 g/mol. The van der Waals surface area contributed by atoms with Gasteiger partial charge in [0.05, 0.1) is 12.5 Å². The molecule has 128 valence electrons. The molecule has 0 atom stereocenters. The summed E-state index contributed by atoms with van der Waals surface area (Å²) in [5.41, 5.74) is 1.47. The van der Waals surface area contributed by atoms with Crippen LogP contribution < -0.4 is 10.9 Å². The Morgan fingerprint density at radius 1 is 1.20 bits per heavy atom. The second kappa shape index (κ2) is 6.68. The second-order valence-electron chi connectivity index (χ2n) is 5.68. The zero-order chi connectivity index (χ0) is 18.0. The maximum Gasteiger partial charge on any atom is 0.264 e. The molecule has 1 N–H and O–H groups in total. The summed E-state index contributed by atoms with van der Waals surface area (Å²) in [6.07, 6.45) is 3.01. The molecule has 3 rings (SSSR count). The minimum atomic E-state index is -0.228. The summed E-state index contributed by atoms with van der Waals surface area (Å²) >= 11 is 0. The molecule has 2 heterocycles. The Morgan fingerprint density at radius 3 is 2.60 bits per heavy atom. The Labute approximate surface area is 143 Å². The van der Waals surface area contributed by atoms with E-state index in [1.54, 1.807) is 31.3 Å². The normalized spacial score (nSPS) is 10.8. The lowest BCUT2D eigenvalue weighted by Gasteiger charge is -2.07. The number of aromatic nitrogens is 4. The van der Waals surface area contributed by atoms with E-state index >= 15 is 0 Å². The zero-order valence-corrected chi connectivity index (χ0v) is 13.9. The van der Waals surface area contributed by atoms with Crippen LogP contribution in [0.2, 0.25) is 0 Å². The highest BCUT2D eigenvalue weighted by atomic mass is 16.2. The second-order valence-corrected chi connectivity index (χ2v) is 5.68. The Hall–Kier alpha value is -3.29. The summed E-state index contributed by atoms with van der Waals surface area (Å²) < 4.78 is 2.92. The number of nitrogens with zero attached hydrogens (tertiary/aromatic N) is 4. The summed E-state index contributed by atoms with van der Waals surface area (Å²) in [5.74, 6) is -0.260. The molecule has 8 nitrogen and oxygen atoms in total. The van der Waals surface area contributed by atoms with Crippen molar-refractivity contribution in [2.75, 3.05) is 5.32 Å². The van der Waals surface area contributed by atoms with Gasteiger partial charge in [0, 0.05) is 31.3 Å². The smallest absolute Gasteiger partial charge is 0.264 e. The first-order chi connectivity index (χ1) is 12.0. The van der Waals surface area contributed by atoms with E-state index in [0.717, 1.165) is 0 Å². The number of hydrogen-bond donors (Lipinski definition) is 1. The maximum absolute atomic E-state index is 12.3. The topological polar surface area (TPSA) is 98.9 Å². The van der Waals surface area contributed by atoms with Crippen LogP contribution in [0.25, 0.3) is 11.0 Å². The predicted octanol–water partition coefficient (Wildman–Crippen LogP) is 1.36. The van der Waals surface area contributed by atoms with E-state index in [-0.39, 0.29) is 30.2 Å². The lowest BCUT2D eigenvalue weighted by atomic mass is 10.1. The molecule has 0 bridgehead atoms. The van der Waals surface area contributed by atoms with E-state index in [0.29, 0.717) is 22.3 Å². The van der Waals surface area contributed by atoms with Crippen LogP contribution in [0, 0.1) is 0 Å². The number of benzene rings is 1. The molecule has 0 aliphatic rings. The van der Waals surface area contributed by atoms with E-state index in [1.165, 1.54) is 28.7 Å². The largest absolute Gasteiger partial charge is 0.326 e. The van der Waals surface area contributed by atoms with Crippen LogP contribution in [-0.2, 0) is 18.4 Å². The molecule has 0 saturated carbocycles. The van der Waals surface area contributed by atoms with Crippen molar-refractivity contribution in [3.8, 4) is 0 Å². The summed E-state index contributed by atoms with van der Waals surface area (Å²) in [6, 6.07) is 6.65. The maximum atomic E-state index is 12.3. The number of aryl methyl sites for hydroxylation is 2. The van der Waals surface area contributed by atoms with Crippen LogP contribution in [0.5, 0.6) is 0 Å². The van der Waals surface area contributed by atoms with Crippen molar-refractivity contribution in [3.63, 3.8) is 0 Å². The zero-order valence-electron chi connectivity index (χ0n) is 13.9. The molecular weight excluding hydrogens is 322 g/mol. The molecule has 0 spiro atoms. The first-order valence-corrected chi connectivity index (χ1v) is 7.73. The molecule has 0 radical (unpaired) electrons. The number of anilines is 1. The number of rotatable bonds is 5. The Kier molecular flexibility index (Phi) is 4.42. The Bertz CT molecular complexity index is 1000. The van der Waals surface area contributed by atoms with Crippen molar-refractivity contribution >= 4 is 28.4 Å². The van der Waals surface area contributed by atoms with E-state index in [4.69, 9.17) is 0 Å². The van der Waals surface area contributed by atoms with E-state index in [1.807, 2.05) is 0 Å². The standard InChI is InChI=1S/C17H17N5O3/c1-11(23)12-3-5-13(6-4-12)20-15(24)7-8-22-10-18-16-14(17(22)25)9-19-21(16)2/h3-6,9-10H,7-8H2,1-2H3,(H,20,24). The fourth-order valence-electron chi connectivity index (χ4n) is 2.46. The summed E-state index contributed by atoms with van der Waals surface area (Å²) in [6.45, 7) is 1.70. The highest BCUT2D eigenvalue weighted by Gasteiger charge is 2.10. The van der Waals surface area contributed by atoms with Crippen molar-refractivity contribution in [3.05, 3.63) is 52.7 Å². The third-order valence-electron chi connectivity index (χ3n) is 3.87. The molecule has 25 heavy (non-hydrogen) atoms. The van der Waals surface area contributed by atoms with Crippen LogP contribution in [0.3, 0.4) is 0 Å². The molecule has 3 aromatic rings. The van der Waals surface area contributed by atoms with Crippen LogP contribution in [0.15, 0.2) is 41.6 Å². The molecule has 0 fully saturated rings. The molecule has 1 aromatic carbocycles. The van der Waals surface area contributed by atoms with Crippen LogP contribution in [-0.4, -0.2) is 31.0 Å². The van der Waals surface area contributed by atoms with Gasteiger partial charge < -0.3 is 5.32 Å². The number of Topliss-reactive ketones (excluding diaryl/α,β-unsaturated/α-hetero) is 1. The van der Waals surface area contributed by atoms with Gasteiger partial charge in [0.25, 0.3) is 5.56 Å². The molecule has 0 unspecified atom stereocenters. The first kappa shape index (κ1) is 16.6. The van der Waals surface area contributed by atoms with Gasteiger partial charge in [-0.1, -0.05) is 0 Å². The minimum Gasteiger partial charge on any atom is -0.326 e. The summed E-state index contributed by atoms with van der Waals surface area (Å²) in [7, 11) is 1.71. The lowest BCUT2D eigenvalue weighted by Crippen LogP contribution is -2.23. The molecule has 0 aliphatic heterocycles. The third kappa shape index (κ3) is 3.47. The van der Waals surface area contributed by atoms with Gasteiger partial charge in [-0.3, -0.25) is 23.6 Å². The number of carbonyl (C=O) groups is 2. The van der Waals surface area contributed by atoms with Crippen molar-refractivity contribution in [1.29, 1.82) is 0 Å². The van der Waals surface area contributed by atoms with Crippen LogP contribution in [0.4, 0.5) is 5.69 Å². The third-order valence-corrected chi connectivity index (χ3v) is 3.87.